The van der Waals surface area contributed by atoms with E-state index < -0.39 is 17.0 Å². The molecule has 0 saturated carbocycles. The van der Waals surface area contributed by atoms with Crippen molar-refractivity contribution in [2.24, 2.45) is 0 Å². The largest absolute Gasteiger partial charge is 0.354 e. The minimum absolute atomic E-state index is 0.280. The molecular formula is C20H22N6O3. The number of rotatable bonds is 4. The Bertz CT molecular complexity index is 1140. The Balaban J connectivity index is 1.45. The second-order valence-electron chi connectivity index (χ2n) is 7.12. The van der Waals surface area contributed by atoms with Crippen molar-refractivity contribution in [3.8, 4) is 0 Å². The lowest BCUT2D eigenvalue weighted by Gasteiger charge is -2.33. The Hall–Kier alpha value is -3.46. The molecule has 1 amide bonds. The summed E-state index contributed by atoms with van der Waals surface area (Å²) in [4.78, 5) is 45.9. The highest BCUT2D eigenvalue weighted by Gasteiger charge is 2.15. The molecule has 0 atom stereocenters. The number of hydrogen-bond acceptors (Lipinski definition) is 6. The van der Waals surface area contributed by atoms with Crippen LogP contribution in [0.4, 0.5) is 11.5 Å². The number of nitrogens with one attached hydrogen (secondary N) is 2. The number of anilines is 2. The summed E-state index contributed by atoms with van der Waals surface area (Å²) in [5.74, 6) is 0.443. The molecule has 29 heavy (non-hydrogen) atoms. The van der Waals surface area contributed by atoms with E-state index in [2.05, 4.69) is 32.2 Å². The Morgan fingerprint density at radius 2 is 1.79 bits per heavy atom. The summed E-state index contributed by atoms with van der Waals surface area (Å²) >= 11 is 0. The van der Waals surface area contributed by atoms with Gasteiger partial charge in [0.05, 0.1) is 22.7 Å². The molecule has 3 heterocycles. The molecule has 9 nitrogen and oxygen atoms in total. The number of likely N-dealkylation sites (N-methyl/N-ethyl adjacent to an activating group) is 1. The minimum atomic E-state index is -0.424. The summed E-state index contributed by atoms with van der Waals surface area (Å²) in [6.45, 7) is 3.50. The molecule has 0 unspecified atom stereocenters. The molecule has 0 radical (unpaired) electrons. The Morgan fingerprint density at radius 3 is 2.48 bits per heavy atom. The number of nitrogens with zero attached hydrogens (tertiary/aromatic N) is 4. The van der Waals surface area contributed by atoms with Crippen LogP contribution in [0.5, 0.6) is 0 Å². The van der Waals surface area contributed by atoms with E-state index in [0.29, 0.717) is 11.1 Å². The van der Waals surface area contributed by atoms with Gasteiger partial charge in [0.25, 0.3) is 11.1 Å². The van der Waals surface area contributed by atoms with E-state index in [-0.39, 0.29) is 11.9 Å². The van der Waals surface area contributed by atoms with Gasteiger partial charge >= 0.3 is 0 Å². The van der Waals surface area contributed by atoms with Gasteiger partial charge in [-0.2, -0.15) is 0 Å². The number of fused-ring (bicyclic) bond motifs is 1. The summed E-state index contributed by atoms with van der Waals surface area (Å²) in [5.41, 5.74) is -0.297. The molecule has 0 aliphatic carbocycles. The van der Waals surface area contributed by atoms with Crippen LogP contribution in [-0.2, 0) is 11.3 Å². The third-order valence-corrected chi connectivity index (χ3v) is 5.04. The lowest BCUT2D eigenvalue weighted by molar-refractivity contribution is -0.117. The maximum absolute atomic E-state index is 12.5. The maximum atomic E-state index is 12.5. The van der Waals surface area contributed by atoms with Crippen LogP contribution in [0.2, 0.25) is 0 Å². The Kier molecular flexibility index (Phi) is 5.13. The third-order valence-electron chi connectivity index (χ3n) is 5.04. The number of H-pyrrole nitrogens is 1. The molecule has 1 aliphatic rings. The highest BCUT2D eigenvalue weighted by Crippen LogP contribution is 2.15. The predicted molar refractivity (Wildman–Crippen MR) is 111 cm³/mol. The lowest BCUT2D eigenvalue weighted by Crippen LogP contribution is -2.44. The molecule has 2 aromatic heterocycles. The van der Waals surface area contributed by atoms with Gasteiger partial charge in [-0.1, -0.05) is 12.1 Å². The lowest BCUT2D eigenvalue weighted by atomic mass is 10.2. The topological polar surface area (TPSA) is 103 Å². The van der Waals surface area contributed by atoms with Gasteiger partial charge in [0.15, 0.2) is 0 Å². The molecule has 1 aromatic carbocycles. The highest BCUT2D eigenvalue weighted by molar-refractivity contribution is 5.90. The first-order chi connectivity index (χ1) is 14.0. The smallest absolute Gasteiger partial charge is 0.273 e. The molecule has 2 N–H and O–H groups in total. The van der Waals surface area contributed by atoms with Crippen LogP contribution in [0.1, 0.15) is 0 Å². The quantitative estimate of drug-likeness (QED) is 0.667. The summed E-state index contributed by atoms with van der Waals surface area (Å²) < 4.78 is 1.02. The monoisotopic (exact) mass is 394 g/mol. The fourth-order valence-corrected chi connectivity index (χ4v) is 3.38. The third kappa shape index (κ3) is 4.04. The SMILES string of the molecule is CN1CCN(c2ccc(NC(=O)Cn3[nH]c(=O)c4ccccc4c3=O)cn2)CC1. The zero-order valence-electron chi connectivity index (χ0n) is 16.1. The van der Waals surface area contributed by atoms with E-state index in [4.69, 9.17) is 0 Å². The molecule has 150 valence electrons. The summed E-state index contributed by atoms with van der Waals surface area (Å²) in [6, 6.07) is 10.2. The van der Waals surface area contributed by atoms with Gasteiger partial charge in [-0.25, -0.2) is 9.67 Å². The molecule has 1 aliphatic heterocycles. The van der Waals surface area contributed by atoms with Gasteiger partial charge in [0.2, 0.25) is 5.91 Å². The van der Waals surface area contributed by atoms with E-state index in [0.717, 1.165) is 36.7 Å². The van der Waals surface area contributed by atoms with Crippen molar-refractivity contribution in [1.82, 2.24) is 19.7 Å². The summed E-state index contributed by atoms with van der Waals surface area (Å²) in [6.07, 6.45) is 1.59. The molecular weight excluding hydrogens is 372 g/mol. The fourth-order valence-electron chi connectivity index (χ4n) is 3.38. The van der Waals surface area contributed by atoms with Crippen LogP contribution < -0.4 is 21.3 Å². The predicted octanol–water partition coefficient (Wildman–Crippen LogP) is 0.475. The molecule has 1 fully saturated rings. The molecule has 9 heteroatoms. The van der Waals surface area contributed by atoms with Crippen molar-refractivity contribution in [3.63, 3.8) is 0 Å². The van der Waals surface area contributed by atoms with Gasteiger partial charge in [-0.3, -0.25) is 19.5 Å². The van der Waals surface area contributed by atoms with Crippen LogP contribution >= 0.6 is 0 Å². The highest BCUT2D eigenvalue weighted by atomic mass is 16.2. The minimum Gasteiger partial charge on any atom is -0.354 e. The van der Waals surface area contributed by atoms with E-state index >= 15 is 0 Å². The fraction of sp³-hybridized carbons (Fsp3) is 0.300. The number of piperazine rings is 1. The number of aromatic nitrogens is 3. The van der Waals surface area contributed by atoms with Crippen molar-refractivity contribution in [2.45, 2.75) is 6.54 Å². The van der Waals surface area contributed by atoms with E-state index in [1.807, 2.05) is 6.07 Å². The average molecular weight is 394 g/mol. The van der Waals surface area contributed by atoms with Crippen molar-refractivity contribution in [1.29, 1.82) is 0 Å². The average Bonchev–Trinajstić information content (AvgIpc) is 2.73. The zero-order chi connectivity index (χ0) is 20.4. The van der Waals surface area contributed by atoms with Crippen molar-refractivity contribution in [3.05, 3.63) is 63.3 Å². The second-order valence-corrected chi connectivity index (χ2v) is 7.12. The number of hydrogen-bond donors (Lipinski definition) is 2. The number of benzene rings is 1. The van der Waals surface area contributed by atoms with E-state index in [1.54, 1.807) is 36.5 Å². The number of amides is 1. The normalized spacial score (nSPS) is 14.9. The van der Waals surface area contributed by atoms with Gasteiger partial charge in [-0.05, 0) is 31.3 Å². The van der Waals surface area contributed by atoms with Crippen LogP contribution in [0.3, 0.4) is 0 Å². The van der Waals surface area contributed by atoms with Crippen LogP contribution in [0.15, 0.2) is 52.2 Å². The molecule has 3 aromatic rings. The molecule has 0 bridgehead atoms. The first kappa shape index (κ1) is 18.9. The van der Waals surface area contributed by atoms with E-state index in [1.165, 1.54) is 0 Å². The van der Waals surface area contributed by atoms with Crippen LogP contribution in [0.25, 0.3) is 10.8 Å². The van der Waals surface area contributed by atoms with Crippen molar-refractivity contribution >= 4 is 28.2 Å². The van der Waals surface area contributed by atoms with Crippen LogP contribution in [-0.4, -0.2) is 58.8 Å². The van der Waals surface area contributed by atoms with Gasteiger partial charge in [-0.15, -0.1) is 0 Å². The number of aromatic amines is 1. The zero-order valence-corrected chi connectivity index (χ0v) is 16.1. The van der Waals surface area contributed by atoms with Gasteiger partial charge < -0.3 is 15.1 Å². The molecule has 1 saturated heterocycles. The molecule has 0 spiro atoms. The first-order valence-corrected chi connectivity index (χ1v) is 9.42. The number of carbonyl (C=O) groups is 1. The number of pyridine rings is 1. The van der Waals surface area contributed by atoms with Gasteiger partial charge in [0, 0.05) is 26.2 Å². The van der Waals surface area contributed by atoms with Crippen molar-refractivity contribution < 1.29 is 4.79 Å². The standard InChI is InChI=1S/C20H22N6O3/c1-24-8-10-25(11-9-24)17-7-6-14(12-21-17)22-18(27)13-26-20(29)16-5-3-2-4-15(16)19(28)23-26/h2-7,12H,8-11,13H2,1H3,(H,22,27)(H,23,28). The summed E-state index contributed by atoms with van der Waals surface area (Å²) in [5, 5.41) is 5.75. The summed E-state index contributed by atoms with van der Waals surface area (Å²) in [7, 11) is 2.09. The number of carbonyl (C=O) groups excluding carboxylic acids is 1. The van der Waals surface area contributed by atoms with Crippen molar-refractivity contribution in [2.75, 3.05) is 43.4 Å². The first-order valence-electron chi connectivity index (χ1n) is 9.42. The maximum Gasteiger partial charge on any atom is 0.273 e. The second kappa shape index (κ2) is 7.88. The van der Waals surface area contributed by atoms with E-state index in [9.17, 15) is 14.4 Å². The van der Waals surface area contributed by atoms with Crippen LogP contribution in [0, 0.1) is 0 Å². The molecule has 4 rings (SSSR count). The Labute approximate surface area is 166 Å². The van der Waals surface area contributed by atoms with Gasteiger partial charge in [0.1, 0.15) is 12.4 Å². The Morgan fingerprint density at radius 1 is 1.07 bits per heavy atom.